The van der Waals surface area contributed by atoms with E-state index in [1.807, 2.05) is 6.07 Å². The van der Waals surface area contributed by atoms with Crippen molar-refractivity contribution < 1.29 is 9.47 Å². The van der Waals surface area contributed by atoms with Gasteiger partial charge in [-0.25, -0.2) is 0 Å². The number of aryl methyl sites for hydroxylation is 1. The van der Waals surface area contributed by atoms with Crippen LogP contribution < -0.4 is 14.8 Å². The van der Waals surface area contributed by atoms with Gasteiger partial charge >= 0.3 is 0 Å². The molecule has 1 heterocycles. The first-order chi connectivity index (χ1) is 12.2. The van der Waals surface area contributed by atoms with E-state index in [0.29, 0.717) is 0 Å². The summed E-state index contributed by atoms with van der Waals surface area (Å²) in [4.78, 5) is 7.25. The largest absolute Gasteiger partial charge is 0.493 e. The highest BCUT2D eigenvalue weighted by atomic mass is 16.5. The summed E-state index contributed by atoms with van der Waals surface area (Å²) >= 11 is 0. The van der Waals surface area contributed by atoms with E-state index in [1.165, 1.54) is 18.4 Å². The quantitative estimate of drug-likeness (QED) is 0.467. The van der Waals surface area contributed by atoms with Gasteiger partial charge in [-0.15, -0.1) is 0 Å². The molecule has 1 atom stereocenters. The second-order valence-electron chi connectivity index (χ2n) is 6.72. The summed E-state index contributed by atoms with van der Waals surface area (Å²) in [6, 6.07) is 6.12. The molecule has 0 aromatic heterocycles. The van der Waals surface area contributed by atoms with Crippen molar-refractivity contribution in [3.05, 3.63) is 23.8 Å². The molecule has 140 valence electrons. The minimum Gasteiger partial charge on any atom is -0.493 e. The molecule has 1 aliphatic rings. The molecule has 25 heavy (non-hydrogen) atoms. The van der Waals surface area contributed by atoms with Crippen LogP contribution in [0.15, 0.2) is 23.2 Å². The fourth-order valence-electron chi connectivity index (χ4n) is 3.31. The van der Waals surface area contributed by atoms with Gasteiger partial charge in [0, 0.05) is 26.2 Å². The first kappa shape index (κ1) is 19.4. The number of hydrogen-bond acceptors (Lipinski definition) is 3. The van der Waals surface area contributed by atoms with E-state index in [-0.39, 0.29) is 0 Å². The number of benzene rings is 1. The number of aliphatic imine (C=N–C) groups is 1. The highest BCUT2D eigenvalue weighted by Gasteiger charge is 2.18. The fourth-order valence-corrected chi connectivity index (χ4v) is 3.31. The van der Waals surface area contributed by atoms with E-state index in [0.717, 1.165) is 62.4 Å². The summed E-state index contributed by atoms with van der Waals surface area (Å²) in [5.74, 6) is 3.39. The summed E-state index contributed by atoms with van der Waals surface area (Å²) in [5, 5.41) is 3.44. The lowest BCUT2D eigenvalue weighted by atomic mass is 10.0. The van der Waals surface area contributed by atoms with Crippen LogP contribution in [0.25, 0.3) is 0 Å². The van der Waals surface area contributed by atoms with Crippen LogP contribution in [0.5, 0.6) is 11.5 Å². The van der Waals surface area contributed by atoms with Gasteiger partial charge in [-0.1, -0.05) is 13.0 Å². The molecule has 2 rings (SSSR count). The Hall–Kier alpha value is -1.91. The first-order valence-electron chi connectivity index (χ1n) is 9.42. The molecular weight excluding hydrogens is 314 g/mol. The number of rotatable bonds is 7. The Morgan fingerprint density at radius 2 is 2.08 bits per heavy atom. The molecule has 1 unspecified atom stereocenters. The second kappa shape index (κ2) is 10.2. The number of nitrogens with one attached hydrogen (secondary N) is 1. The summed E-state index contributed by atoms with van der Waals surface area (Å²) in [6.07, 6.45) is 4.60. The number of likely N-dealkylation sites (tertiary alicyclic amines) is 1. The standard InChI is InChI=1S/C20H33N3O2/c1-5-21-20(23-13-7-8-16(2)15-23)22-12-6-9-17-10-11-18(24-3)19(14-17)25-4/h10-11,14,16H,5-9,12-13,15H2,1-4H3,(H,21,22). The third-order valence-electron chi connectivity index (χ3n) is 4.62. The Labute approximate surface area is 152 Å². The minimum atomic E-state index is 0.754. The molecule has 1 saturated heterocycles. The zero-order valence-corrected chi connectivity index (χ0v) is 16.2. The lowest BCUT2D eigenvalue weighted by Gasteiger charge is -2.33. The third kappa shape index (κ3) is 5.83. The average Bonchev–Trinajstić information content (AvgIpc) is 2.64. The van der Waals surface area contributed by atoms with Crippen LogP contribution in [0.2, 0.25) is 0 Å². The van der Waals surface area contributed by atoms with Crippen molar-refractivity contribution >= 4 is 5.96 Å². The van der Waals surface area contributed by atoms with Gasteiger partial charge in [0.05, 0.1) is 14.2 Å². The highest BCUT2D eigenvalue weighted by molar-refractivity contribution is 5.80. The zero-order chi connectivity index (χ0) is 18.1. The topological polar surface area (TPSA) is 46.1 Å². The lowest BCUT2D eigenvalue weighted by molar-refractivity contribution is 0.266. The van der Waals surface area contributed by atoms with Crippen molar-refractivity contribution in [3.8, 4) is 11.5 Å². The smallest absolute Gasteiger partial charge is 0.193 e. The number of nitrogens with zero attached hydrogens (tertiary/aromatic N) is 2. The zero-order valence-electron chi connectivity index (χ0n) is 16.2. The second-order valence-corrected chi connectivity index (χ2v) is 6.72. The predicted octanol–water partition coefficient (Wildman–Crippen LogP) is 3.33. The molecule has 1 N–H and O–H groups in total. The summed E-state index contributed by atoms with van der Waals surface area (Å²) in [5.41, 5.74) is 1.25. The Balaban J connectivity index is 1.89. The molecule has 5 nitrogen and oxygen atoms in total. The molecule has 1 aliphatic heterocycles. The fraction of sp³-hybridized carbons (Fsp3) is 0.650. The summed E-state index contributed by atoms with van der Waals surface area (Å²) < 4.78 is 10.7. The van der Waals surface area contributed by atoms with Crippen molar-refractivity contribution in [2.75, 3.05) is 40.4 Å². The molecule has 1 aromatic rings. The molecule has 0 bridgehead atoms. The maximum absolute atomic E-state index is 5.37. The first-order valence-corrected chi connectivity index (χ1v) is 9.42. The maximum Gasteiger partial charge on any atom is 0.193 e. The minimum absolute atomic E-state index is 0.754. The number of methoxy groups -OCH3 is 2. The third-order valence-corrected chi connectivity index (χ3v) is 4.62. The van der Waals surface area contributed by atoms with Gasteiger partial charge in [-0.05, 0) is 56.2 Å². The van der Waals surface area contributed by atoms with Crippen LogP contribution in [0, 0.1) is 5.92 Å². The molecule has 0 spiro atoms. The van der Waals surface area contributed by atoms with Gasteiger partial charge in [0.1, 0.15) is 0 Å². The van der Waals surface area contributed by atoms with Gasteiger partial charge < -0.3 is 19.7 Å². The van der Waals surface area contributed by atoms with Crippen LogP contribution >= 0.6 is 0 Å². The van der Waals surface area contributed by atoms with Crippen LogP contribution in [0.3, 0.4) is 0 Å². The van der Waals surface area contributed by atoms with Gasteiger partial charge in [0.15, 0.2) is 17.5 Å². The summed E-state index contributed by atoms with van der Waals surface area (Å²) in [6.45, 7) is 8.44. The monoisotopic (exact) mass is 347 g/mol. The SMILES string of the molecule is CCNC(=NCCCc1ccc(OC)c(OC)c1)N1CCCC(C)C1. The van der Waals surface area contributed by atoms with Gasteiger partial charge in [0.2, 0.25) is 0 Å². The Kier molecular flexibility index (Phi) is 7.89. The molecular formula is C20H33N3O2. The van der Waals surface area contributed by atoms with E-state index >= 15 is 0 Å². The van der Waals surface area contributed by atoms with Crippen LogP contribution in [-0.4, -0.2) is 51.3 Å². The van der Waals surface area contributed by atoms with Crippen molar-refractivity contribution in [2.45, 2.75) is 39.5 Å². The summed E-state index contributed by atoms with van der Waals surface area (Å²) in [7, 11) is 3.34. The Morgan fingerprint density at radius 3 is 2.76 bits per heavy atom. The van der Waals surface area contributed by atoms with Crippen molar-refractivity contribution in [2.24, 2.45) is 10.9 Å². The Morgan fingerprint density at radius 1 is 1.28 bits per heavy atom. The molecule has 1 aromatic carbocycles. The molecule has 5 heteroatoms. The molecule has 1 fully saturated rings. The van der Waals surface area contributed by atoms with E-state index in [9.17, 15) is 0 Å². The molecule has 0 amide bonds. The van der Waals surface area contributed by atoms with Crippen LogP contribution in [0.4, 0.5) is 0 Å². The van der Waals surface area contributed by atoms with E-state index in [1.54, 1.807) is 14.2 Å². The van der Waals surface area contributed by atoms with Crippen LogP contribution in [-0.2, 0) is 6.42 Å². The number of ether oxygens (including phenoxy) is 2. The van der Waals surface area contributed by atoms with Crippen LogP contribution in [0.1, 0.15) is 38.7 Å². The number of piperidine rings is 1. The van der Waals surface area contributed by atoms with Crippen molar-refractivity contribution in [3.63, 3.8) is 0 Å². The molecule has 0 radical (unpaired) electrons. The van der Waals surface area contributed by atoms with Gasteiger partial charge in [0.25, 0.3) is 0 Å². The lowest BCUT2D eigenvalue weighted by Crippen LogP contribution is -2.46. The number of guanidine groups is 1. The highest BCUT2D eigenvalue weighted by Crippen LogP contribution is 2.27. The van der Waals surface area contributed by atoms with Gasteiger partial charge in [-0.2, -0.15) is 0 Å². The van der Waals surface area contributed by atoms with E-state index < -0.39 is 0 Å². The van der Waals surface area contributed by atoms with E-state index in [4.69, 9.17) is 14.5 Å². The van der Waals surface area contributed by atoms with Crippen molar-refractivity contribution in [1.82, 2.24) is 10.2 Å². The molecule has 0 saturated carbocycles. The van der Waals surface area contributed by atoms with E-state index in [2.05, 4.69) is 36.2 Å². The maximum atomic E-state index is 5.37. The van der Waals surface area contributed by atoms with Gasteiger partial charge in [-0.3, -0.25) is 4.99 Å². The Bertz CT molecular complexity index is 560. The average molecular weight is 348 g/mol. The number of hydrogen-bond donors (Lipinski definition) is 1. The normalized spacial score (nSPS) is 18.2. The predicted molar refractivity (Wildman–Crippen MR) is 104 cm³/mol. The molecule has 0 aliphatic carbocycles. The van der Waals surface area contributed by atoms with Crippen molar-refractivity contribution in [1.29, 1.82) is 0 Å².